The summed E-state index contributed by atoms with van der Waals surface area (Å²) in [5, 5.41) is 4.61. The Balaban J connectivity index is 1.79. The summed E-state index contributed by atoms with van der Waals surface area (Å²) in [7, 11) is 0. The summed E-state index contributed by atoms with van der Waals surface area (Å²) in [6.45, 7) is -3.02. The van der Waals surface area contributed by atoms with Crippen molar-refractivity contribution in [2.45, 2.75) is 25.5 Å². The molecule has 2 fully saturated rings. The summed E-state index contributed by atoms with van der Waals surface area (Å²) >= 11 is 0. The first kappa shape index (κ1) is 21.4. The highest BCUT2D eigenvalue weighted by atomic mass is 19.3. The van der Waals surface area contributed by atoms with Crippen molar-refractivity contribution in [3.63, 3.8) is 0 Å². The second-order valence-electron chi connectivity index (χ2n) is 6.77. The number of amides is 4. The smallest absolute Gasteiger partial charge is 0.387 e. The van der Waals surface area contributed by atoms with Gasteiger partial charge in [0.15, 0.2) is 11.8 Å². The molecule has 1 heterocycles. The van der Waals surface area contributed by atoms with Crippen LogP contribution < -0.4 is 26.0 Å². The Morgan fingerprint density at radius 2 is 2.00 bits per heavy atom. The van der Waals surface area contributed by atoms with Crippen LogP contribution in [-0.2, 0) is 23.9 Å². The van der Waals surface area contributed by atoms with Crippen LogP contribution in [0, 0.1) is 5.92 Å². The van der Waals surface area contributed by atoms with Gasteiger partial charge >= 0.3 is 6.61 Å². The fourth-order valence-electron chi connectivity index (χ4n) is 2.86. The number of hydrogen-bond acceptors (Lipinski definition) is 6. The Labute approximate surface area is 169 Å². The van der Waals surface area contributed by atoms with Gasteiger partial charge in [0.2, 0.25) is 11.8 Å². The van der Waals surface area contributed by atoms with Gasteiger partial charge in [-0.25, -0.2) is 0 Å². The van der Waals surface area contributed by atoms with Crippen LogP contribution in [0.2, 0.25) is 0 Å². The number of anilines is 2. The van der Waals surface area contributed by atoms with E-state index < -0.39 is 36.3 Å². The van der Waals surface area contributed by atoms with Gasteiger partial charge in [-0.1, -0.05) is 0 Å². The van der Waals surface area contributed by atoms with E-state index in [1.807, 2.05) is 0 Å². The zero-order chi connectivity index (χ0) is 21.8. The van der Waals surface area contributed by atoms with E-state index in [0.29, 0.717) is 12.8 Å². The average Bonchev–Trinajstić information content (AvgIpc) is 3.51. The molecule has 1 aliphatic heterocycles. The van der Waals surface area contributed by atoms with Crippen molar-refractivity contribution in [2.75, 3.05) is 30.0 Å². The number of primary amides is 1. The number of halogens is 2. The summed E-state index contributed by atoms with van der Waals surface area (Å²) in [5.41, 5.74) is 5.28. The number of carbonyl (C=O) groups excluding carboxylic acids is 4. The highest BCUT2D eigenvalue weighted by Crippen LogP contribution is 2.34. The number of morpholine rings is 1. The Morgan fingerprint density at radius 3 is 2.60 bits per heavy atom. The number of nitrogens with zero attached hydrogens (tertiary/aromatic N) is 1. The molecule has 0 spiro atoms. The van der Waals surface area contributed by atoms with Gasteiger partial charge in [-0.3, -0.25) is 19.2 Å². The predicted molar refractivity (Wildman–Crippen MR) is 98.7 cm³/mol. The first-order chi connectivity index (χ1) is 14.3. The summed E-state index contributed by atoms with van der Waals surface area (Å²) in [4.78, 5) is 49.1. The maximum absolute atomic E-state index is 12.9. The van der Waals surface area contributed by atoms with Gasteiger partial charge < -0.3 is 30.7 Å². The number of benzene rings is 1. The molecule has 4 amide bonds. The molecule has 30 heavy (non-hydrogen) atoms. The standard InChI is InChI=1S/C18H20F2N4O6/c19-18(20)30-12-7-10(3-4-11(12)24-5-6-29-8-13(24)25)22-17(28)14(15(21)26)23-16(27)9-1-2-9/h3-4,7,9,14,18H,1-2,5-6,8H2,(H2,21,26)(H,22,28)(H,23,27)/t14-/m0/s1. The second kappa shape index (κ2) is 9.03. The molecular formula is C18H20F2N4O6. The molecule has 1 aromatic carbocycles. The summed E-state index contributed by atoms with van der Waals surface area (Å²) in [5.74, 6) is -3.51. The number of rotatable bonds is 8. The monoisotopic (exact) mass is 426 g/mol. The third kappa shape index (κ3) is 5.20. The lowest BCUT2D eigenvalue weighted by molar-refractivity contribution is -0.133. The largest absolute Gasteiger partial charge is 0.433 e. The van der Waals surface area contributed by atoms with Gasteiger partial charge in [-0.15, -0.1) is 0 Å². The lowest BCUT2D eigenvalue weighted by atomic mass is 10.2. The SMILES string of the molecule is NC(=O)[C@H](NC(=O)C1CC1)C(=O)Nc1ccc(N2CCOCC2=O)c(OC(F)F)c1. The van der Waals surface area contributed by atoms with Gasteiger partial charge in [0.05, 0.1) is 12.3 Å². The molecule has 2 aliphatic rings. The van der Waals surface area contributed by atoms with Gasteiger partial charge in [0.25, 0.3) is 11.8 Å². The molecule has 1 aliphatic carbocycles. The normalized spacial score (nSPS) is 17.4. The lowest BCUT2D eigenvalue weighted by Gasteiger charge is -2.28. The first-order valence-electron chi connectivity index (χ1n) is 9.14. The van der Waals surface area contributed by atoms with E-state index in [1.54, 1.807) is 0 Å². The van der Waals surface area contributed by atoms with Crippen molar-refractivity contribution in [3.8, 4) is 5.75 Å². The molecule has 1 aromatic rings. The van der Waals surface area contributed by atoms with E-state index in [4.69, 9.17) is 10.5 Å². The van der Waals surface area contributed by atoms with Gasteiger partial charge in [-0.05, 0) is 25.0 Å². The van der Waals surface area contributed by atoms with Crippen LogP contribution >= 0.6 is 0 Å². The van der Waals surface area contributed by atoms with Crippen LogP contribution in [0.4, 0.5) is 20.2 Å². The minimum Gasteiger partial charge on any atom is -0.433 e. The fraction of sp³-hybridized carbons (Fsp3) is 0.444. The van der Waals surface area contributed by atoms with E-state index in [2.05, 4.69) is 15.4 Å². The van der Waals surface area contributed by atoms with Crippen molar-refractivity contribution in [3.05, 3.63) is 18.2 Å². The summed E-state index contributed by atoms with van der Waals surface area (Å²) in [6, 6.07) is 2.12. The molecule has 4 N–H and O–H groups in total. The van der Waals surface area contributed by atoms with Crippen LogP contribution in [0.5, 0.6) is 5.75 Å². The summed E-state index contributed by atoms with van der Waals surface area (Å²) in [6.07, 6.45) is 1.32. The van der Waals surface area contributed by atoms with Gasteiger partial charge in [-0.2, -0.15) is 8.78 Å². The van der Waals surface area contributed by atoms with Crippen LogP contribution in [0.1, 0.15) is 12.8 Å². The van der Waals surface area contributed by atoms with E-state index in [1.165, 1.54) is 17.0 Å². The molecule has 12 heteroatoms. The topological polar surface area (TPSA) is 140 Å². The summed E-state index contributed by atoms with van der Waals surface area (Å²) < 4.78 is 35.3. The van der Waals surface area contributed by atoms with Crippen molar-refractivity contribution >= 4 is 35.0 Å². The number of carbonyl (C=O) groups is 4. The molecule has 0 unspecified atom stereocenters. The predicted octanol–water partition coefficient (Wildman–Crippen LogP) is -0.0302. The number of ether oxygens (including phenoxy) is 2. The van der Waals surface area contributed by atoms with E-state index in [9.17, 15) is 28.0 Å². The molecule has 1 saturated carbocycles. The molecule has 1 atom stereocenters. The Bertz CT molecular complexity index is 861. The quantitative estimate of drug-likeness (QED) is 0.499. The molecule has 162 valence electrons. The van der Waals surface area contributed by atoms with Crippen LogP contribution in [-0.4, -0.2) is 56.0 Å². The third-order valence-electron chi connectivity index (χ3n) is 4.50. The maximum atomic E-state index is 12.9. The average molecular weight is 426 g/mol. The maximum Gasteiger partial charge on any atom is 0.387 e. The van der Waals surface area contributed by atoms with Crippen molar-refractivity contribution in [2.24, 2.45) is 11.7 Å². The number of nitrogens with one attached hydrogen (secondary N) is 2. The molecule has 0 aromatic heterocycles. The zero-order valence-corrected chi connectivity index (χ0v) is 15.7. The Morgan fingerprint density at radius 1 is 1.27 bits per heavy atom. The third-order valence-corrected chi connectivity index (χ3v) is 4.50. The van der Waals surface area contributed by atoms with Crippen LogP contribution in [0.3, 0.4) is 0 Å². The minimum atomic E-state index is -3.18. The molecular weight excluding hydrogens is 406 g/mol. The Hall–Kier alpha value is -3.28. The van der Waals surface area contributed by atoms with Crippen molar-refractivity contribution in [1.82, 2.24) is 5.32 Å². The van der Waals surface area contributed by atoms with Crippen molar-refractivity contribution in [1.29, 1.82) is 0 Å². The molecule has 0 bridgehead atoms. The number of nitrogens with two attached hydrogens (primary N) is 1. The molecule has 10 nitrogen and oxygen atoms in total. The highest BCUT2D eigenvalue weighted by molar-refractivity contribution is 6.11. The first-order valence-corrected chi connectivity index (χ1v) is 9.14. The highest BCUT2D eigenvalue weighted by Gasteiger charge is 2.35. The second-order valence-corrected chi connectivity index (χ2v) is 6.77. The molecule has 0 radical (unpaired) electrons. The lowest BCUT2D eigenvalue weighted by Crippen LogP contribution is -2.52. The van der Waals surface area contributed by atoms with E-state index in [0.717, 1.165) is 6.07 Å². The number of alkyl halides is 2. The zero-order valence-electron chi connectivity index (χ0n) is 15.7. The number of hydrogen-bond donors (Lipinski definition) is 3. The molecule has 1 saturated heterocycles. The van der Waals surface area contributed by atoms with Crippen LogP contribution in [0.25, 0.3) is 0 Å². The molecule has 3 rings (SSSR count). The van der Waals surface area contributed by atoms with Crippen LogP contribution in [0.15, 0.2) is 18.2 Å². The Kier molecular flexibility index (Phi) is 6.45. The van der Waals surface area contributed by atoms with Gasteiger partial charge in [0, 0.05) is 24.2 Å². The van der Waals surface area contributed by atoms with Crippen molar-refractivity contribution < 1.29 is 37.4 Å². The van der Waals surface area contributed by atoms with E-state index >= 15 is 0 Å². The minimum absolute atomic E-state index is 0.00651. The fourth-order valence-corrected chi connectivity index (χ4v) is 2.86. The van der Waals surface area contributed by atoms with Gasteiger partial charge in [0.1, 0.15) is 6.61 Å². The van der Waals surface area contributed by atoms with E-state index in [-0.39, 0.29) is 42.8 Å².